The molecule has 0 unspecified atom stereocenters. The molecule has 0 atom stereocenters. The number of amides is 1. The zero-order valence-electron chi connectivity index (χ0n) is 16.0. The summed E-state index contributed by atoms with van der Waals surface area (Å²) in [6, 6.07) is 5.49. The number of thioether (sulfide) groups is 1. The minimum absolute atomic E-state index is 0.0128. The molecule has 1 aliphatic heterocycles. The fourth-order valence-corrected chi connectivity index (χ4v) is 4.80. The van der Waals surface area contributed by atoms with Crippen LogP contribution in [0.15, 0.2) is 39.8 Å². The van der Waals surface area contributed by atoms with Crippen LogP contribution in [0, 0.1) is 0 Å². The van der Waals surface area contributed by atoms with Gasteiger partial charge in [-0.3, -0.25) is 4.79 Å². The highest BCUT2D eigenvalue weighted by atomic mass is 32.2. The standard InChI is InChI=1S/C18H20F2N2O6S2/c1-26-15-3-2-12(30(24,25)22-5-8-27-9-6-22)10-14(15)21-17(23)13-4-7-28-16(13)11-29-18(19)20/h2-4,7,10,18H,5-6,8-9,11H2,1H3,(H,21,23). The summed E-state index contributed by atoms with van der Waals surface area (Å²) in [4.78, 5) is 12.7. The van der Waals surface area contributed by atoms with Crippen molar-refractivity contribution >= 4 is 33.4 Å². The van der Waals surface area contributed by atoms with E-state index in [0.29, 0.717) is 25.0 Å². The zero-order valence-corrected chi connectivity index (χ0v) is 17.6. The van der Waals surface area contributed by atoms with Crippen LogP contribution in [0.3, 0.4) is 0 Å². The third kappa shape index (κ3) is 5.12. The third-order valence-electron chi connectivity index (χ3n) is 4.36. The minimum Gasteiger partial charge on any atom is -0.495 e. The lowest BCUT2D eigenvalue weighted by atomic mass is 10.2. The Hall–Kier alpha value is -2.15. The van der Waals surface area contributed by atoms with Crippen molar-refractivity contribution in [1.29, 1.82) is 0 Å². The van der Waals surface area contributed by atoms with Gasteiger partial charge in [0.25, 0.3) is 11.7 Å². The first-order chi connectivity index (χ1) is 14.3. The highest BCUT2D eigenvalue weighted by Gasteiger charge is 2.27. The molecule has 0 bridgehead atoms. The molecule has 1 aromatic heterocycles. The van der Waals surface area contributed by atoms with E-state index in [9.17, 15) is 22.0 Å². The van der Waals surface area contributed by atoms with Crippen LogP contribution in [0.25, 0.3) is 0 Å². The quantitative estimate of drug-likeness (QED) is 0.644. The molecule has 164 valence electrons. The number of halogens is 2. The summed E-state index contributed by atoms with van der Waals surface area (Å²) in [6.45, 7) is 1.07. The Morgan fingerprint density at radius 3 is 2.70 bits per heavy atom. The SMILES string of the molecule is COc1ccc(S(=O)(=O)N2CCOCC2)cc1NC(=O)c1ccoc1CSC(F)F. The van der Waals surface area contributed by atoms with Crippen LogP contribution < -0.4 is 10.1 Å². The van der Waals surface area contributed by atoms with Crippen LogP contribution in [0.5, 0.6) is 5.75 Å². The van der Waals surface area contributed by atoms with E-state index in [0.717, 1.165) is 0 Å². The van der Waals surface area contributed by atoms with E-state index in [4.69, 9.17) is 13.9 Å². The van der Waals surface area contributed by atoms with E-state index in [1.54, 1.807) is 0 Å². The van der Waals surface area contributed by atoms with E-state index in [1.165, 1.54) is 41.9 Å². The van der Waals surface area contributed by atoms with Gasteiger partial charge in [-0.2, -0.15) is 13.1 Å². The van der Waals surface area contributed by atoms with Crippen LogP contribution in [0.2, 0.25) is 0 Å². The second kappa shape index (κ2) is 9.77. The number of morpholine rings is 1. The van der Waals surface area contributed by atoms with Crippen molar-refractivity contribution in [3.05, 3.63) is 41.9 Å². The number of carbonyl (C=O) groups is 1. The molecule has 1 fully saturated rings. The first-order valence-electron chi connectivity index (χ1n) is 8.86. The number of anilines is 1. The molecular formula is C18H20F2N2O6S2. The van der Waals surface area contributed by atoms with Gasteiger partial charge < -0.3 is 19.2 Å². The average Bonchev–Trinajstić information content (AvgIpc) is 3.21. The summed E-state index contributed by atoms with van der Waals surface area (Å²) < 4.78 is 67.5. The highest BCUT2D eigenvalue weighted by Crippen LogP contribution is 2.30. The molecule has 30 heavy (non-hydrogen) atoms. The molecule has 0 radical (unpaired) electrons. The molecule has 1 saturated heterocycles. The number of furan rings is 1. The molecule has 0 saturated carbocycles. The number of methoxy groups -OCH3 is 1. The number of hydrogen-bond acceptors (Lipinski definition) is 7. The van der Waals surface area contributed by atoms with E-state index in [-0.39, 0.29) is 46.5 Å². The summed E-state index contributed by atoms with van der Waals surface area (Å²) in [6.07, 6.45) is 1.23. The summed E-state index contributed by atoms with van der Waals surface area (Å²) in [5.74, 6) is -3.08. The lowest BCUT2D eigenvalue weighted by Crippen LogP contribution is -2.40. The predicted molar refractivity (Wildman–Crippen MR) is 107 cm³/mol. The number of carbonyl (C=O) groups excluding carboxylic acids is 1. The normalized spacial score (nSPS) is 15.3. The summed E-state index contributed by atoms with van der Waals surface area (Å²) in [7, 11) is -2.41. The smallest absolute Gasteiger partial charge is 0.284 e. The van der Waals surface area contributed by atoms with Gasteiger partial charge in [0.2, 0.25) is 10.0 Å². The molecule has 8 nitrogen and oxygen atoms in total. The van der Waals surface area contributed by atoms with E-state index in [1.807, 2.05) is 0 Å². The molecule has 3 rings (SSSR count). The number of ether oxygens (including phenoxy) is 2. The highest BCUT2D eigenvalue weighted by molar-refractivity contribution is 7.98. The lowest BCUT2D eigenvalue weighted by molar-refractivity contribution is 0.0730. The van der Waals surface area contributed by atoms with Crippen LogP contribution in [-0.2, 0) is 20.5 Å². The summed E-state index contributed by atoms with van der Waals surface area (Å²) >= 11 is 0.329. The lowest BCUT2D eigenvalue weighted by Gasteiger charge is -2.26. The number of hydrogen-bond donors (Lipinski definition) is 1. The van der Waals surface area contributed by atoms with E-state index >= 15 is 0 Å². The van der Waals surface area contributed by atoms with Gasteiger partial charge in [-0.15, -0.1) is 0 Å². The Kier molecular flexibility index (Phi) is 7.34. The second-order valence-corrected chi connectivity index (χ2v) is 9.08. The van der Waals surface area contributed by atoms with Crippen LogP contribution in [-0.4, -0.2) is 57.8 Å². The van der Waals surface area contributed by atoms with Crippen molar-refractivity contribution in [3.8, 4) is 5.75 Å². The Balaban J connectivity index is 1.84. The van der Waals surface area contributed by atoms with Crippen LogP contribution in [0.1, 0.15) is 16.1 Å². The van der Waals surface area contributed by atoms with E-state index in [2.05, 4.69) is 5.32 Å². The Labute approximate surface area is 176 Å². The molecule has 0 spiro atoms. The Morgan fingerprint density at radius 1 is 1.30 bits per heavy atom. The van der Waals surface area contributed by atoms with E-state index < -0.39 is 21.7 Å². The van der Waals surface area contributed by atoms with Gasteiger partial charge >= 0.3 is 0 Å². The summed E-state index contributed by atoms with van der Waals surface area (Å²) in [5, 5.41) is 2.58. The monoisotopic (exact) mass is 462 g/mol. The summed E-state index contributed by atoms with van der Waals surface area (Å²) in [5.41, 5.74) is 0.206. The number of nitrogens with one attached hydrogen (secondary N) is 1. The average molecular weight is 462 g/mol. The maximum absolute atomic E-state index is 12.9. The molecule has 2 aromatic rings. The topological polar surface area (TPSA) is 98.1 Å². The van der Waals surface area contributed by atoms with Gasteiger partial charge in [-0.25, -0.2) is 8.42 Å². The maximum atomic E-state index is 12.9. The fraction of sp³-hybridized carbons (Fsp3) is 0.389. The Bertz CT molecular complexity index is 990. The molecule has 0 aliphatic carbocycles. The van der Waals surface area contributed by atoms with Crippen molar-refractivity contribution < 1.29 is 35.9 Å². The van der Waals surface area contributed by atoms with Crippen molar-refractivity contribution in [2.75, 3.05) is 38.7 Å². The van der Waals surface area contributed by atoms with Gasteiger partial charge in [-0.05, 0) is 24.3 Å². The fourth-order valence-electron chi connectivity index (χ4n) is 2.86. The number of sulfonamides is 1. The predicted octanol–water partition coefficient (Wildman–Crippen LogP) is 3.02. The molecule has 2 heterocycles. The first kappa shape index (κ1) is 22.5. The van der Waals surface area contributed by atoms with Crippen LogP contribution in [0.4, 0.5) is 14.5 Å². The third-order valence-corrected chi connectivity index (χ3v) is 6.93. The number of rotatable bonds is 8. The molecular weight excluding hydrogens is 442 g/mol. The van der Waals surface area contributed by atoms with Gasteiger partial charge in [0.1, 0.15) is 11.5 Å². The molecule has 1 aromatic carbocycles. The van der Waals surface area contributed by atoms with Gasteiger partial charge in [0.15, 0.2) is 0 Å². The molecule has 1 aliphatic rings. The van der Waals surface area contributed by atoms with Gasteiger partial charge in [-0.1, -0.05) is 11.8 Å². The maximum Gasteiger partial charge on any atom is 0.284 e. The number of nitrogens with zero attached hydrogens (tertiary/aromatic N) is 1. The second-order valence-electron chi connectivity index (χ2n) is 6.16. The zero-order chi connectivity index (χ0) is 21.7. The van der Waals surface area contributed by atoms with Gasteiger partial charge in [0.05, 0.1) is 48.5 Å². The number of benzene rings is 1. The van der Waals surface area contributed by atoms with Crippen molar-refractivity contribution in [2.45, 2.75) is 16.4 Å². The molecule has 1 N–H and O–H groups in total. The van der Waals surface area contributed by atoms with Crippen molar-refractivity contribution in [1.82, 2.24) is 4.31 Å². The van der Waals surface area contributed by atoms with Crippen molar-refractivity contribution in [2.24, 2.45) is 0 Å². The first-order valence-corrected chi connectivity index (χ1v) is 11.3. The molecule has 1 amide bonds. The number of alkyl halides is 2. The van der Waals surface area contributed by atoms with Crippen LogP contribution >= 0.6 is 11.8 Å². The largest absolute Gasteiger partial charge is 0.495 e. The molecule has 12 heteroatoms. The van der Waals surface area contributed by atoms with Crippen molar-refractivity contribution in [3.63, 3.8) is 0 Å². The van der Waals surface area contributed by atoms with Gasteiger partial charge in [0, 0.05) is 13.1 Å². The minimum atomic E-state index is -3.78. The Morgan fingerprint density at radius 2 is 2.03 bits per heavy atom.